The molecule has 2 atom stereocenters. The van der Waals surface area contributed by atoms with Gasteiger partial charge in [-0.1, -0.05) is 12.1 Å². The Balaban J connectivity index is 1.46. The summed E-state index contributed by atoms with van der Waals surface area (Å²) < 4.78 is 37.1. The first-order chi connectivity index (χ1) is 15.6. The molecule has 3 heterocycles. The Hall–Kier alpha value is -2.20. The molecule has 2 aliphatic rings. The number of aromatic nitrogens is 1. The summed E-state index contributed by atoms with van der Waals surface area (Å²) in [6.07, 6.45) is -0.259. The van der Waals surface area contributed by atoms with Gasteiger partial charge in [0.1, 0.15) is 0 Å². The summed E-state index contributed by atoms with van der Waals surface area (Å²) in [5.41, 5.74) is 4.76. The van der Waals surface area contributed by atoms with E-state index >= 15 is 0 Å². The maximum atomic E-state index is 13.3. The van der Waals surface area contributed by atoms with E-state index in [1.165, 1.54) is 8.61 Å². The molecule has 2 unspecified atom stereocenters. The number of nitrogens with zero attached hydrogens (tertiary/aromatic N) is 4. The fraction of sp³-hybridized carbons (Fsp3) is 0.542. The number of morpholine rings is 1. The number of aryl methyl sites for hydroxylation is 2. The Morgan fingerprint density at radius 3 is 2.18 bits per heavy atom. The molecule has 0 aliphatic carbocycles. The number of benzene rings is 1. The van der Waals surface area contributed by atoms with Crippen LogP contribution in [0.4, 0.5) is 0 Å². The van der Waals surface area contributed by atoms with Gasteiger partial charge in [-0.25, -0.2) is 0 Å². The molecule has 1 amide bonds. The van der Waals surface area contributed by atoms with Gasteiger partial charge in [0.25, 0.3) is 16.1 Å². The highest BCUT2D eigenvalue weighted by molar-refractivity contribution is 7.86. The average Bonchev–Trinajstić information content (AvgIpc) is 3.06. The van der Waals surface area contributed by atoms with Crippen LogP contribution in [0.15, 0.2) is 30.3 Å². The molecule has 33 heavy (non-hydrogen) atoms. The second kappa shape index (κ2) is 9.21. The lowest BCUT2D eigenvalue weighted by Crippen LogP contribution is -2.57. The molecule has 0 radical (unpaired) electrons. The van der Waals surface area contributed by atoms with E-state index in [2.05, 4.69) is 23.6 Å². The second-order valence-corrected chi connectivity index (χ2v) is 11.2. The third-order valence-corrected chi connectivity index (χ3v) is 8.45. The third kappa shape index (κ3) is 4.73. The third-order valence-electron chi connectivity index (χ3n) is 6.49. The largest absolute Gasteiger partial charge is 0.373 e. The zero-order chi connectivity index (χ0) is 23.9. The molecule has 8 nitrogen and oxygen atoms in total. The van der Waals surface area contributed by atoms with Gasteiger partial charge < -0.3 is 14.2 Å². The van der Waals surface area contributed by atoms with E-state index in [1.54, 1.807) is 4.90 Å². The highest BCUT2D eigenvalue weighted by atomic mass is 32.2. The lowest BCUT2D eigenvalue weighted by Gasteiger charge is -2.40. The number of amides is 1. The van der Waals surface area contributed by atoms with E-state index in [9.17, 15) is 13.2 Å². The normalized spacial score (nSPS) is 23.1. The van der Waals surface area contributed by atoms with Gasteiger partial charge in [-0.05, 0) is 58.4 Å². The van der Waals surface area contributed by atoms with Crippen molar-refractivity contribution in [2.75, 3.05) is 39.3 Å². The summed E-state index contributed by atoms with van der Waals surface area (Å²) in [6.45, 7) is 11.9. The van der Waals surface area contributed by atoms with Gasteiger partial charge in [0.05, 0.1) is 17.8 Å². The number of hydrogen-bond donors (Lipinski definition) is 0. The fourth-order valence-electron chi connectivity index (χ4n) is 4.92. The highest BCUT2D eigenvalue weighted by Crippen LogP contribution is 2.24. The van der Waals surface area contributed by atoms with Crippen molar-refractivity contribution in [1.29, 1.82) is 0 Å². The predicted octanol–water partition coefficient (Wildman–Crippen LogP) is 2.51. The smallest absolute Gasteiger partial charge is 0.282 e. The maximum Gasteiger partial charge on any atom is 0.282 e. The van der Waals surface area contributed by atoms with Crippen LogP contribution in [0.3, 0.4) is 0 Å². The molecule has 0 saturated carbocycles. The summed E-state index contributed by atoms with van der Waals surface area (Å²) in [5, 5.41) is 0. The minimum atomic E-state index is -3.57. The molecule has 0 spiro atoms. The Labute approximate surface area is 196 Å². The van der Waals surface area contributed by atoms with Crippen LogP contribution in [-0.2, 0) is 14.9 Å². The quantitative estimate of drug-likeness (QED) is 0.683. The molecule has 2 saturated heterocycles. The predicted molar refractivity (Wildman–Crippen MR) is 128 cm³/mol. The van der Waals surface area contributed by atoms with Crippen LogP contribution in [0.5, 0.6) is 0 Å². The first-order valence-electron chi connectivity index (χ1n) is 11.5. The second-order valence-electron chi connectivity index (χ2n) is 9.23. The average molecular weight is 475 g/mol. The van der Waals surface area contributed by atoms with Gasteiger partial charge in [-0.15, -0.1) is 0 Å². The molecule has 4 rings (SSSR count). The number of hydrogen-bond acceptors (Lipinski definition) is 4. The standard InChI is InChI=1S/C24H34N4O4S/c1-17-7-6-8-22(13-17)28-18(2)14-23(21(28)5)24(29)25-9-11-26(12-10-25)33(30,31)27-15-19(3)32-20(4)16-27/h6-8,13-14,19-20H,9-12,15-16H2,1-5H3. The van der Waals surface area contributed by atoms with Crippen LogP contribution < -0.4 is 0 Å². The summed E-state index contributed by atoms with van der Waals surface area (Å²) in [7, 11) is -3.57. The molecule has 1 aromatic carbocycles. The number of ether oxygens (including phenoxy) is 1. The molecule has 9 heteroatoms. The molecule has 0 bridgehead atoms. The van der Waals surface area contributed by atoms with Crippen molar-refractivity contribution in [1.82, 2.24) is 18.1 Å². The molecular formula is C24H34N4O4S. The Morgan fingerprint density at radius 1 is 0.939 bits per heavy atom. The molecule has 2 aliphatic heterocycles. The number of rotatable bonds is 4. The Kier molecular flexibility index (Phi) is 6.68. The zero-order valence-corrected chi connectivity index (χ0v) is 20.9. The van der Waals surface area contributed by atoms with Gasteiger partial charge in [-0.2, -0.15) is 17.0 Å². The van der Waals surface area contributed by atoms with Crippen LogP contribution in [0, 0.1) is 20.8 Å². The van der Waals surface area contributed by atoms with Crippen LogP contribution in [0.25, 0.3) is 5.69 Å². The van der Waals surface area contributed by atoms with Crippen LogP contribution in [0.1, 0.15) is 41.2 Å². The molecule has 2 fully saturated rings. The van der Waals surface area contributed by atoms with Crippen molar-refractivity contribution in [2.45, 2.75) is 46.8 Å². The fourth-order valence-corrected chi connectivity index (χ4v) is 6.67. The highest BCUT2D eigenvalue weighted by Gasteiger charge is 2.37. The van der Waals surface area contributed by atoms with Crippen LogP contribution in [0.2, 0.25) is 0 Å². The van der Waals surface area contributed by atoms with Crippen molar-refractivity contribution in [3.05, 3.63) is 52.8 Å². The van der Waals surface area contributed by atoms with E-state index in [0.29, 0.717) is 44.8 Å². The number of carbonyl (C=O) groups is 1. The van der Waals surface area contributed by atoms with Gasteiger partial charge in [-0.3, -0.25) is 4.79 Å². The van der Waals surface area contributed by atoms with Gasteiger partial charge in [0, 0.05) is 56.3 Å². The van der Waals surface area contributed by atoms with Crippen LogP contribution >= 0.6 is 0 Å². The summed E-state index contributed by atoms with van der Waals surface area (Å²) in [6, 6.07) is 10.1. The van der Waals surface area contributed by atoms with Crippen LogP contribution in [-0.4, -0.2) is 83.9 Å². The van der Waals surface area contributed by atoms with Gasteiger partial charge in [0.2, 0.25) is 0 Å². The summed E-state index contributed by atoms with van der Waals surface area (Å²) in [4.78, 5) is 15.1. The first kappa shape index (κ1) is 23.9. The Bertz CT molecular complexity index is 1130. The van der Waals surface area contributed by atoms with Crippen molar-refractivity contribution in [2.24, 2.45) is 0 Å². The molecule has 180 valence electrons. The number of piperazine rings is 1. The lowest BCUT2D eigenvalue weighted by molar-refractivity contribution is -0.0457. The Morgan fingerprint density at radius 2 is 1.58 bits per heavy atom. The van der Waals surface area contributed by atoms with E-state index in [-0.39, 0.29) is 18.1 Å². The molecular weight excluding hydrogens is 440 g/mol. The van der Waals surface area contributed by atoms with Crippen molar-refractivity contribution >= 4 is 16.1 Å². The van der Waals surface area contributed by atoms with E-state index < -0.39 is 10.2 Å². The minimum Gasteiger partial charge on any atom is -0.373 e. The molecule has 0 N–H and O–H groups in total. The van der Waals surface area contributed by atoms with Gasteiger partial charge in [0.15, 0.2) is 0 Å². The van der Waals surface area contributed by atoms with Crippen molar-refractivity contribution in [3.63, 3.8) is 0 Å². The zero-order valence-electron chi connectivity index (χ0n) is 20.1. The summed E-state index contributed by atoms with van der Waals surface area (Å²) >= 11 is 0. The van der Waals surface area contributed by atoms with Crippen molar-refractivity contribution < 1.29 is 17.9 Å². The topological polar surface area (TPSA) is 75.1 Å². The van der Waals surface area contributed by atoms with Crippen molar-refractivity contribution in [3.8, 4) is 5.69 Å². The van der Waals surface area contributed by atoms with Gasteiger partial charge >= 0.3 is 0 Å². The number of carbonyl (C=O) groups excluding carboxylic acids is 1. The molecule has 2 aromatic rings. The van der Waals surface area contributed by atoms with E-state index in [4.69, 9.17) is 4.74 Å². The summed E-state index contributed by atoms with van der Waals surface area (Å²) in [5.74, 6) is -0.0485. The monoisotopic (exact) mass is 474 g/mol. The SMILES string of the molecule is Cc1cccc(-n2c(C)cc(C(=O)N3CCN(S(=O)(=O)N4CC(C)OC(C)C4)CC3)c2C)c1. The lowest BCUT2D eigenvalue weighted by atomic mass is 10.2. The van der Waals surface area contributed by atoms with E-state index in [0.717, 1.165) is 22.6 Å². The molecule has 1 aromatic heterocycles. The van der Waals surface area contributed by atoms with E-state index in [1.807, 2.05) is 45.9 Å². The maximum absolute atomic E-state index is 13.3. The first-order valence-corrected chi connectivity index (χ1v) is 12.9. The minimum absolute atomic E-state index is 0.0485.